The molecule has 5 rings (SSSR count). The van der Waals surface area contributed by atoms with Gasteiger partial charge in [-0.05, 0) is 42.0 Å². The van der Waals surface area contributed by atoms with E-state index in [2.05, 4.69) is 10.1 Å². The average molecular weight is 462 g/mol. The summed E-state index contributed by atoms with van der Waals surface area (Å²) >= 11 is 1.20. The highest BCUT2D eigenvalue weighted by molar-refractivity contribution is 7.07. The highest BCUT2D eigenvalue weighted by atomic mass is 32.1. The molecule has 164 valence electrons. The van der Waals surface area contributed by atoms with Crippen LogP contribution in [0.5, 0.6) is 11.5 Å². The SMILES string of the molecule is O=[N+]([O-])c1ccccc1N=c1scc(-c2ccccc2F)n1N=Cc1ccc2c(c1)OCO2. The van der Waals surface area contributed by atoms with Crippen molar-refractivity contribution in [3.63, 3.8) is 0 Å². The van der Waals surface area contributed by atoms with Gasteiger partial charge in [-0.1, -0.05) is 24.3 Å². The van der Waals surface area contributed by atoms with Gasteiger partial charge in [0.1, 0.15) is 11.5 Å². The number of thiazole rings is 1. The molecule has 4 aromatic rings. The zero-order valence-electron chi connectivity index (χ0n) is 16.9. The maximum absolute atomic E-state index is 14.6. The summed E-state index contributed by atoms with van der Waals surface area (Å²) in [6.45, 7) is 0.158. The van der Waals surface area contributed by atoms with E-state index >= 15 is 0 Å². The minimum absolute atomic E-state index is 0.135. The molecular weight excluding hydrogens is 447 g/mol. The molecule has 1 aliphatic rings. The molecule has 0 spiro atoms. The first-order chi connectivity index (χ1) is 16.1. The van der Waals surface area contributed by atoms with Crippen LogP contribution in [0, 0.1) is 15.9 Å². The lowest BCUT2D eigenvalue weighted by Crippen LogP contribution is -2.12. The van der Waals surface area contributed by atoms with Crippen LogP contribution in [0.3, 0.4) is 0 Å². The third-order valence-corrected chi connectivity index (χ3v) is 5.66. The van der Waals surface area contributed by atoms with Crippen LogP contribution in [-0.2, 0) is 0 Å². The Bertz CT molecular complexity index is 1460. The lowest BCUT2D eigenvalue weighted by atomic mass is 10.1. The van der Waals surface area contributed by atoms with Gasteiger partial charge in [0.05, 0.1) is 16.8 Å². The molecule has 1 aromatic heterocycles. The molecule has 0 atom stereocenters. The second-order valence-corrected chi connectivity index (χ2v) is 7.75. The lowest BCUT2D eigenvalue weighted by Gasteiger charge is -2.05. The number of nitro groups is 1. The number of aromatic nitrogens is 1. The Morgan fingerprint density at radius 1 is 1.06 bits per heavy atom. The molecule has 0 unspecified atom stereocenters. The van der Waals surface area contributed by atoms with Gasteiger partial charge in [0.15, 0.2) is 11.5 Å². The zero-order chi connectivity index (χ0) is 22.8. The number of hydrogen-bond donors (Lipinski definition) is 0. The van der Waals surface area contributed by atoms with Crippen LogP contribution in [0.25, 0.3) is 11.3 Å². The van der Waals surface area contributed by atoms with Gasteiger partial charge in [-0.15, -0.1) is 11.3 Å². The number of hydrogen-bond acceptors (Lipinski definition) is 7. The molecular formula is C23H15FN4O4S. The molecule has 10 heteroatoms. The van der Waals surface area contributed by atoms with E-state index in [1.54, 1.807) is 60.1 Å². The summed E-state index contributed by atoms with van der Waals surface area (Å²) in [6, 6.07) is 17.8. The molecule has 0 radical (unpaired) electrons. The molecule has 3 aromatic carbocycles. The first kappa shape index (κ1) is 20.6. The Kier molecular flexibility index (Phi) is 5.41. The van der Waals surface area contributed by atoms with Crippen molar-refractivity contribution in [3.05, 3.63) is 98.4 Å². The third kappa shape index (κ3) is 4.11. The Balaban J connectivity index is 1.65. The molecule has 0 saturated heterocycles. The first-order valence-electron chi connectivity index (χ1n) is 9.78. The summed E-state index contributed by atoms with van der Waals surface area (Å²) in [5.41, 5.74) is 1.57. The number of nitrogens with zero attached hydrogens (tertiary/aromatic N) is 4. The molecule has 8 nitrogen and oxygen atoms in total. The smallest absolute Gasteiger partial charge is 0.294 e. The van der Waals surface area contributed by atoms with Crippen molar-refractivity contribution in [2.75, 3.05) is 6.79 Å². The highest BCUT2D eigenvalue weighted by Crippen LogP contribution is 2.32. The Morgan fingerprint density at radius 3 is 2.70 bits per heavy atom. The van der Waals surface area contributed by atoms with E-state index in [1.807, 2.05) is 6.07 Å². The number of benzene rings is 3. The van der Waals surface area contributed by atoms with Crippen molar-refractivity contribution in [1.29, 1.82) is 0 Å². The van der Waals surface area contributed by atoms with Crippen molar-refractivity contribution >= 4 is 28.9 Å². The average Bonchev–Trinajstić information content (AvgIpc) is 3.45. The van der Waals surface area contributed by atoms with Crippen molar-refractivity contribution in [2.24, 2.45) is 10.1 Å². The normalized spacial score (nSPS) is 13.1. The molecule has 0 fully saturated rings. The summed E-state index contributed by atoms with van der Waals surface area (Å²) < 4.78 is 26.8. The van der Waals surface area contributed by atoms with Gasteiger partial charge in [0.25, 0.3) is 5.69 Å². The molecule has 2 heterocycles. The quantitative estimate of drug-likeness (QED) is 0.234. The fourth-order valence-corrected chi connectivity index (χ4v) is 4.12. The topological polar surface area (TPSA) is 91.2 Å². The van der Waals surface area contributed by atoms with Crippen LogP contribution in [-0.4, -0.2) is 22.6 Å². The van der Waals surface area contributed by atoms with Gasteiger partial charge >= 0.3 is 0 Å². The maximum Gasteiger partial charge on any atom is 0.294 e. The largest absolute Gasteiger partial charge is 0.454 e. The number of halogens is 1. The van der Waals surface area contributed by atoms with Crippen molar-refractivity contribution in [3.8, 4) is 22.8 Å². The Labute approximate surface area is 190 Å². The summed E-state index contributed by atoms with van der Waals surface area (Å²) in [4.78, 5) is 15.7. The van der Waals surface area contributed by atoms with Crippen LogP contribution in [0.2, 0.25) is 0 Å². The Morgan fingerprint density at radius 2 is 1.85 bits per heavy atom. The second-order valence-electron chi connectivity index (χ2n) is 6.91. The standard InChI is InChI=1S/C23H15FN4O4S/c24-17-6-2-1-5-16(17)20-13-33-23(26-18-7-3-4-8-19(18)28(29)30)27(20)25-12-15-9-10-21-22(11-15)32-14-31-21/h1-13H,14H2. The predicted octanol–water partition coefficient (Wildman–Crippen LogP) is 5.11. The molecule has 1 aliphatic heterocycles. The summed E-state index contributed by atoms with van der Waals surface area (Å²) in [5.74, 6) is 0.836. The molecule has 0 aliphatic carbocycles. The fourth-order valence-electron chi connectivity index (χ4n) is 3.28. The van der Waals surface area contributed by atoms with Gasteiger partial charge in [0.2, 0.25) is 11.6 Å². The van der Waals surface area contributed by atoms with Crippen molar-refractivity contribution in [1.82, 2.24) is 4.68 Å². The molecule has 0 N–H and O–H groups in total. The monoisotopic (exact) mass is 462 g/mol. The lowest BCUT2D eigenvalue weighted by molar-refractivity contribution is -0.384. The zero-order valence-corrected chi connectivity index (χ0v) is 17.7. The van der Waals surface area contributed by atoms with E-state index in [1.165, 1.54) is 28.1 Å². The van der Waals surface area contributed by atoms with E-state index in [0.29, 0.717) is 27.6 Å². The van der Waals surface area contributed by atoms with Crippen LogP contribution in [0.15, 0.2) is 82.2 Å². The molecule has 0 saturated carbocycles. The molecule has 0 amide bonds. The third-order valence-electron chi connectivity index (χ3n) is 4.85. The van der Waals surface area contributed by atoms with Gasteiger partial charge in [0, 0.05) is 17.0 Å². The van der Waals surface area contributed by atoms with E-state index in [4.69, 9.17) is 9.47 Å². The van der Waals surface area contributed by atoms with E-state index in [9.17, 15) is 14.5 Å². The Hall–Kier alpha value is -4.31. The number of nitro benzene ring substituents is 1. The van der Waals surface area contributed by atoms with Gasteiger partial charge < -0.3 is 9.47 Å². The first-order valence-corrected chi connectivity index (χ1v) is 10.7. The van der Waals surface area contributed by atoms with Crippen molar-refractivity contribution < 1.29 is 18.8 Å². The van der Waals surface area contributed by atoms with E-state index < -0.39 is 10.7 Å². The highest BCUT2D eigenvalue weighted by Gasteiger charge is 2.16. The molecule has 0 bridgehead atoms. The van der Waals surface area contributed by atoms with Crippen molar-refractivity contribution in [2.45, 2.75) is 0 Å². The summed E-state index contributed by atoms with van der Waals surface area (Å²) in [7, 11) is 0. The van der Waals surface area contributed by atoms with Gasteiger partial charge in [-0.3, -0.25) is 10.1 Å². The van der Waals surface area contributed by atoms with Gasteiger partial charge in [-0.25, -0.2) is 14.1 Å². The summed E-state index contributed by atoms with van der Waals surface area (Å²) in [6.07, 6.45) is 1.58. The predicted molar refractivity (Wildman–Crippen MR) is 122 cm³/mol. The van der Waals surface area contributed by atoms with E-state index in [0.717, 1.165) is 5.56 Å². The van der Waals surface area contributed by atoms with Crippen LogP contribution >= 0.6 is 11.3 Å². The fraction of sp³-hybridized carbons (Fsp3) is 0.0435. The van der Waals surface area contributed by atoms with Gasteiger partial charge in [-0.2, -0.15) is 5.10 Å². The minimum Gasteiger partial charge on any atom is -0.454 e. The van der Waals surface area contributed by atoms with E-state index in [-0.39, 0.29) is 18.2 Å². The number of para-hydroxylation sites is 2. The maximum atomic E-state index is 14.6. The second kappa shape index (κ2) is 8.67. The number of rotatable bonds is 5. The number of ether oxygens (including phenoxy) is 2. The van der Waals surface area contributed by atoms with Crippen LogP contribution in [0.4, 0.5) is 15.8 Å². The van der Waals surface area contributed by atoms with Crippen LogP contribution in [0.1, 0.15) is 5.56 Å². The summed E-state index contributed by atoms with van der Waals surface area (Å²) in [5, 5.41) is 17.6. The van der Waals surface area contributed by atoms with Crippen LogP contribution < -0.4 is 14.3 Å². The molecule has 33 heavy (non-hydrogen) atoms. The number of fused-ring (bicyclic) bond motifs is 1. The minimum atomic E-state index is -0.496.